The molecule has 1 heterocycles. The lowest BCUT2D eigenvalue weighted by molar-refractivity contribution is -0.123. The van der Waals surface area contributed by atoms with Crippen LogP contribution < -0.4 is 5.32 Å². The number of halogens is 3. The average molecular weight is 364 g/mol. The number of rotatable bonds is 4. The van der Waals surface area contributed by atoms with E-state index in [4.69, 9.17) is 0 Å². The first-order chi connectivity index (χ1) is 11.1. The molecule has 24 heavy (non-hydrogen) atoms. The van der Waals surface area contributed by atoms with Crippen LogP contribution in [0.1, 0.15) is 35.2 Å². The Morgan fingerprint density at radius 3 is 2.42 bits per heavy atom. The van der Waals surface area contributed by atoms with Crippen LogP contribution in [0.5, 0.6) is 0 Å². The molecular formula is C15H19F3N2O3S. The van der Waals surface area contributed by atoms with Crippen LogP contribution in [0, 0.1) is 6.92 Å². The number of hydrogen-bond donors (Lipinski definition) is 1. The van der Waals surface area contributed by atoms with E-state index in [9.17, 15) is 26.4 Å². The molecule has 1 amide bonds. The highest BCUT2D eigenvalue weighted by Gasteiger charge is 2.30. The molecule has 1 fully saturated rings. The number of alkyl halides is 3. The van der Waals surface area contributed by atoms with Gasteiger partial charge in [-0.1, -0.05) is 12.5 Å². The Hall–Kier alpha value is -1.61. The molecular weight excluding hydrogens is 345 g/mol. The van der Waals surface area contributed by atoms with Crippen molar-refractivity contribution in [2.75, 3.05) is 19.6 Å². The van der Waals surface area contributed by atoms with Crippen LogP contribution in [0.3, 0.4) is 0 Å². The van der Waals surface area contributed by atoms with Gasteiger partial charge in [-0.25, -0.2) is 8.42 Å². The van der Waals surface area contributed by atoms with E-state index in [1.165, 1.54) is 16.4 Å². The molecule has 0 aromatic heterocycles. The Bertz CT molecular complexity index is 711. The van der Waals surface area contributed by atoms with Gasteiger partial charge in [-0.05, 0) is 37.5 Å². The summed E-state index contributed by atoms with van der Waals surface area (Å²) in [5, 5.41) is 1.74. The van der Waals surface area contributed by atoms with Crippen molar-refractivity contribution < 1.29 is 26.4 Å². The second-order valence-electron chi connectivity index (χ2n) is 5.74. The van der Waals surface area contributed by atoms with Crippen LogP contribution in [0.25, 0.3) is 0 Å². The van der Waals surface area contributed by atoms with Crippen LogP contribution in [-0.2, 0) is 10.0 Å². The second kappa shape index (κ2) is 7.10. The molecule has 1 aromatic rings. The van der Waals surface area contributed by atoms with Crippen molar-refractivity contribution in [1.82, 2.24) is 9.62 Å². The minimum Gasteiger partial charge on any atom is -0.343 e. The number of nitrogens with one attached hydrogen (secondary N) is 1. The summed E-state index contributed by atoms with van der Waals surface area (Å²) in [6.45, 7) is 0.945. The Labute approximate surface area is 138 Å². The maximum atomic E-state index is 12.7. The topological polar surface area (TPSA) is 66.5 Å². The molecule has 1 N–H and O–H groups in total. The first-order valence-electron chi connectivity index (χ1n) is 7.57. The van der Waals surface area contributed by atoms with Gasteiger partial charge in [0.2, 0.25) is 10.0 Å². The minimum atomic E-state index is -4.52. The van der Waals surface area contributed by atoms with Crippen molar-refractivity contribution in [1.29, 1.82) is 0 Å². The fourth-order valence-corrected chi connectivity index (χ4v) is 4.31. The summed E-state index contributed by atoms with van der Waals surface area (Å²) in [7, 11) is -3.76. The van der Waals surface area contributed by atoms with E-state index in [0.717, 1.165) is 25.3 Å². The predicted molar refractivity (Wildman–Crippen MR) is 82.2 cm³/mol. The highest BCUT2D eigenvalue weighted by atomic mass is 32.2. The minimum absolute atomic E-state index is 0.0379. The summed E-state index contributed by atoms with van der Waals surface area (Å²) in [5.41, 5.74) is 0.341. The second-order valence-corrected chi connectivity index (χ2v) is 7.65. The lowest BCUT2D eigenvalue weighted by Gasteiger charge is -2.26. The van der Waals surface area contributed by atoms with Gasteiger partial charge in [0.1, 0.15) is 6.54 Å². The molecule has 134 valence electrons. The van der Waals surface area contributed by atoms with Crippen molar-refractivity contribution in [2.45, 2.75) is 37.3 Å². The lowest BCUT2D eigenvalue weighted by atomic mass is 10.1. The normalized spacial score (nSPS) is 16.8. The average Bonchev–Trinajstić information content (AvgIpc) is 2.53. The first-order valence-corrected chi connectivity index (χ1v) is 9.01. The van der Waals surface area contributed by atoms with Crippen molar-refractivity contribution in [2.24, 2.45) is 0 Å². The summed E-state index contributed by atoms with van der Waals surface area (Å²) in [5.74, 6) is -0.956. The molecule has 1 aliphatic heterocycles. The number of piperidine rings is 1. The lowest BCUT2D eigenvalue weighted by Crippen LogP contribution is -2.36. The smallest absolute Gasteiger partial charge is 0.343 e. The van der Waals surface area contributed by atoms with E-state index in [1.807, 2.05) is 0 Å². The molecule has 0 radical (unpaired) electrons. The van der Waals surface area contributed by atoms with Gasteiger partial charge in [0, 0.05) is 18.7 Å². The Kier molecular flexibility index (Phi) is 5.54. The van der Waals surface area contributed by atoms with Crippen LogP contribution in [0.2, 0.25) is 0 Å². The first kappa shape index (κ1) is 18.7. The van der Waals surface area contributed by atoms with E-state index < -0.39 is 28.7 Å². The fraction of sp³-hybridized carbons (Fsp3) is 0.533. The highest BCUT2D eigenvalue weighted by Crippen LogP contribution is 2.24. The summed E-state index contributed by atoms with van der Waals surface area (Å²) in [4.78, 5) is 11.8. The zero-order valence-corrected chi connectivity index (χ0v) is 14.0. The van der Waals surface area contributed by atoms with Gasteiger partial charge in [-0.3, -0.25) is 4.79 Å². The number of amides is 1. The molecule has 0 atom stereocenters. The van der Waals surface area contributed by atoms with Crippen LogP contribution in [-0.4, -0.2) is 44.4 Å². The monoisotopic (exact) mass is 364 g/mol. The van der Waals surface area contributed by atoms with Crippen molar-refractivity contribution in [3.05, 3.63) is 29.3 Å². The molecule has 0 saturated carbocycles. The molecule has 5 nitrogen and oxygen atoms in total. The standard InChI is InChI=1S/C15H19F3N2O3S/c1-11-5-6-12(14(21)19-10-15(16,17)18)9-13(11)24(22,23)20-7-3-2-4-8-20/h5-6,9H,2-4,7-8,10H2,1H3,(H,19,21). The zero-order valence-electron chi connectivity index (χ0n) is 13.2. The van der Waals surface area contributed by atoms with Gasteiger partial charge in [0.05, 0.1) is 4.90 Å². The Morgan fingerprint density at radius 2 is 1.83 bits per heavy atom. The molecule has 2 rings (SSSR count). The van der Waals surface area contributed by atoms with Crippen molar-refractivity contribution in [3.8, 4) is 0 Å². The van der Waals surface area contributed by atoms with Gasteiger partial charge in [-0.15, -0.1) is 0 Å². The van der Waals surface area contributed by atoms with E-state index in [0.29, 0.717) is 18.7 Å². The summed E-state index contributed by atoms with van der Waals surface area (Å²) in [6, 6.07) is 3.89. The van der Waals surface area contributed by atoms with Gasteiger partial charge in [0.15, 0.2) is 0 Å². The molecule has 1 saturated heterocycles. The van der Waals surface area contributed by atoms with E-state index in [1.54, 1.807) is 12.2 Å². The van der Waals surface area contributed by atoms with Gasteiger partial charge in [-0.2, -0.15) is 17.5 Å². The number of aryl methyl sites for hydroxylation is 1. The van der Waals surface area contributed by atoms with Crippen LogP contribution in [0.4, 0.5) is 13.2 Å². The SMILES string of the molecule is Cc1ccc(C(=O)NCC(F)(F)F)cc1S(=O)(=O)N1CCCCC1. The van der Waals surface area contributed by atoms with Gasteiger partial charge in [0.25, 0.3) is 5.91 Å². The van der Waals surface area contributed by atoms with E-state index >= 15 is 0 Å². The molecule has 1 aromatic carbocycles. The molecule has 9 heteroatoms. The number of hydrogen-bond acceptors (Lipinski definition) is 3. The quantitative estimate of drug-likeness (QED) is 0.893. The summed E-state index contributed by atoms with van der Waals surface area (Å²) >= 11 is 0. The Balaban J connectivity index is 2.26. The fourth-order valence-electron chi connectivity index (χ4n) is 2.55. The number of benzene rings is 1. The van der Waals surface area contributed by atoms with Gasteiger partial charge >= 0.3 is 6.18 Å². The summed E-state index contributed by atoms with van der Waals surface area (Å²) < 4.78 is 63.4. The molecule has 0 spiro atoms. The van der Waals surface area contributed by atoms with Crippen molar-refractivity contribution >= 4 is 15.9 Å². The summed E-state index contributed by atoms with van der Waals surface area (Å²) in [6.07, 6.45) is -2.03. The highest BCUT2D eigenvalue weighted by molar-refractivity contribution is 7.89. The van der Waals surface area contributed by atoms with Gasteiger partial charge < -0.3 is 5.32 Å². The van der Waals surface area contributed by atoms with Crippen LogP contribution in [0.15, 0.2) is 23.1 Å². The zero-order chi connectivity index (χ0) is 18.0. The third-order valence-corrected chi connectivity index (χ3v) is 5.87. The number of carbonyl (C=O) groups excluding carboxylic acids is 1. The third kappa shape index (κ3) is 4.47. The number of nitrogens with zero attached hydrogens (tertiary/aromatic N) is 1. The predicted octanol–water partition coefficient (Wildman–Crippen LogP) is 2.46. The number of sulfonamides is 1. The maximum absolute atomic E-state index is 12.7. The van der Waals surface area contributed by atoms with E-state index in [2.05, 4.69) is 0 Å². The largest absolute Gasteiger partial charge is 0.405 e. The van der Waals surface area contributed by atoms with E-state index in [-0.39, 0.29) is 10.5 Å². The van der Waals surface area contributed by atoms with Crippen LogP contribution >= 0.6 is 0 Å². The van der Waals surface area contributed by atoms with Crippen molar-refractivity contribution in [3.63, 3.8) is 0 Å². The molecule has 0 aliphatic carbocycles. The maximum Gasteiger partial charge on any atom is 0.405 e. The molecule has 0 bridgehead atoms. The third-order valence-electron chi connectivity index (χ3n) is 3.83. The number of carbonyl (C=O) groups is 1. The Morgan fingerprint density at radius 1 is 1.21 bits per heavy atom. The molecule has 1 aliphatic rings. The molecule has 0 unspecified atom stereocenters.